The molecule has 0 saturated carbocycles. The second-order valence-electron chi connectivity index (χ2n) is 4.83. The molecule has 0 radical (unpaired) electrons. The van der Waals surface area contributed by atoms with Crippen molar-refractivity contribution in [1.29, 1.82) is 0 Å². The number of aromatic nitrogens is 5. The van der Waals surface area contributed by atoms with Crippen LogP contribution in [0.1, 0.15) is 23.0 Å². The van der Waals surface area contributed by atoms with Crippen LogP contribution in [0.15, 0.2) is 49.2 Å². The van der Waals surface area contributed by atoms with E-state index in [0.717, 1.165) is 5.56 Å². The van der Waals surface area contributed by atoms with E-state index in [0.29, 0.717) is 30.5 Å². The standard InChI is InChI=1S/C16H16N6O2/c1-2-24-16-12(5-4-8-17-16)9-18-15(23)13-6-3-7-14(21-13)22-10-19-20-11-22/h3-8,10-11H,2,9H2,1H3,(H,18,23). The molecule has 0 unspecified atom stereocenters. The number of ether oxygens (including phenoxy) is 1. The van der Waals surface area contributed by atoms with Crippen molar-refractivity contribution in [2.75, 3.05) is 6.61 Å². The molecule has 1 N–H and O–H groups in total. The van der Waals surface area contributed by atoms with Crippen molar-refractivity contribution in [3.8, 4) is 11.7 Å². The number of pyridine rings is 2. The Balaban J connectivity index is 1.71. The van der Waals surface area contributed by atoms with Crippen LogP contribution in [0.3, 0.4) is 0 Å². The molecule has 0 aromatic carbocycles. The number of rotatable bonds is 6. The average Bonchev–Trinajstić information content (AvgIpc) is 3.16. The average molecular weight is 324 g/mol. The lowest BCUT2D eigenvalue weighted by Gasteiger charge is -2.10. The van der Waals surface area contributed by atoms with Crippen molar-refractivity contribution < 1.29 is 9.53 Å². The third-order valence-electron chi connectivity index (χ3n) is 3.22. The van der Waals surface area contributed by atoms with Gasteiger partial charge in [-0.2, -0.15) is 0 Å². The third kappa shape index (κ3) is 3.54. The molecule has 8 heteroatoms. The molecule has 8 nitrogen and oxygen atoms in total. The summed E-state index contributed by atoms with van der Waals surface area (Å²) in [4.78, 5) is 20.8. The van der Waals surface area contributed by atoms with Gasteiger partial charge in [0.25, 0.3) is 5.91 Å². The first-order chi connectivity index (χ1) is 11.8. The highest BCUT2D eigenvalue weighted by Gasteiger charge is 2.11. The number of nitrogens with one attached hydrogen (secondary N) is 1. The van der Waals surface area contributed by atoms with Crippen LogP contribution < -0.4 is 10.1 Å². The molecule has 0 bridgehead atoms. The Morgan fingerprint density at radius 1 is 1.21 bits per heavy atom. The number of carbonyl (C=O) groups excluding carboxylic acids is 1. The summed E-state index contributed by atoms with van der Waals surface area (Å²) in [5.41, 5.74) is 1.12. The predicted octanol–water partition coefficient (Wildman–Crippen LogP) is 1.39. The van der Waals surface area contributed by atoms with Gasteiger partial charge in [-0.15, -0.1) is 10.2 Å². The molecular weight excluding hydrogens is 308 g/mol. The number of hydrogen-bond acceptors (Lipinski definition) is 6. The second-order valence-corrected chi connectivity index (χ2v) is 4.83. The summed E-state index contributed by atoms with van der Waals surface area (Å²) in [7, 11) is 0. The van der Waals surface area contributed by atoms with Gasteiger partial charge in [0.2, 0.25) is 5.88 Å². The maximum Gasteiger partial charge on any atom is 0.270 e. The van der Waals surface area contributed by atoms with Crippen molar-refractivity contribution >= 4 is 5.91 Å². The molecule has 24 heavy (non-hydrogen) atoms. The van der Waals surface area contributed by atoms with Crippen LogP contribution in [0.5, 0.6) is 5.88 Å². The van der Waals surface area contributed by atoms with Crippen molar-refractivity contribution in [3.63, 3.8) is 0 Å². The molecule has 3 rings (SSSR count). The molecule has 3 aromatic heterocycles. The number of carbonyl (C=O) groups is 1. The van der Waals surface area contributed by atoms with Gasteiger partial charge in [0.15, 0.2) is 0 Å². The van der Waals surface area contributed by atoms with Gasteiger partial charge in [-0.25, -0.2) is 9.97 Å². The Bertz CT molecular complexity index is 819. The van der Waals surface area contributed by atoms with Gasteiger partial charge in [0, 0.05) is 18.3 Å². The first kappa shape index (κ1) is 15.6. The van der Waals surface area contributed by atoms with E-state index in [1.54, 1.807) is 35.0 Å². The minimum absolute atomic E-state index is 0.281. The minimum Gasteiger partial charge on any atom is -0.478 e. The summed E-state index contributed by atoms with van der Waals surface area (Å²) in [6.45, 7) is 2.71. The molecule has 0 spiro atoms. The van der Waals surface area contributed by atoms with Gasteiger partial charge in [0.05, 0.1) is 6.61 Å². The van der Waals surface area contributed by atoms with Crippen molar-refractivity contribution in [1.82, 2.24) is 30.0 Å². The van der Waals surface area contributed by atoms with E-state index in [2.05, 4.69) is 25.5 Å². The van der Waals surface area contributed by atoms with E-state index >= 15 is 0 Å². The van der Waals surface area contributed by atoms with Crippen molar-refractivity contribution in [2.45, 2.75) is 13.5 Å². The molecule has 1 amide bonds. The maximum atomic E-state index is 12.3. The Morgan fingerprint density at radius 2 is 2.04 bits per heavy atom. The van der Waals surface area contributed by atoms with Crippen LogP contribution in [-0.4, -0.2) is 37.2 Å². The molecule has 0 atom stereocenters. The quantitative estimate of drug-likeness (QED) is 0.736. The fourth-order valence-corrected chi connectivity index (χ4v) is 2.10. The molecule has 0 fully saturated rings. The molecule has 3 aromatic rings. The summed E-state index contributed by atoms with van der Waals surface area (Å²) in [6, 6.07) is 8.84. The topological polar surface area (TPSA) is 94.8 Å². The number of hydrogen-bond donors (Lipinski definition) is 1. The van der Waals surface area contributed by atoms with Crippen LogP contribution in [-0.2, 0) is 6.54 Å². The van der Waals surface area contributed by atoms with Gasteiger partial charge in [-0.05, 0) is 25.1 Å². The lowest BCUT2D eigenvalue weighted by molar-refractivity contribution is 0.0945. The highest BCUT2D eigenvalue weighted by molar-refractivity contribution is 5.92. The second kappa shape index (κ2) is 7.32. The van der Waals surface area contributed by atoms with E-state index in [1.807, 2.05) is 13.0 Å². The Hall–Kier alpha value is -3.29. The Kier molecular flexibility index (Phi) is 4.76. The fourth-order valence-electron chi connectivity index (χ4n) is 2.10. The Morgan fingerprint density at radius 3 is 2.83 bits per heavy atom. The highest BCUT2D eigenvalue weighted by Crippen LogP contribution is 2.14. The zero-order chi connectivity index (χ0) is 16.8. The van der Waals surface area contributed by atoms with Gasteiger partial charge in [-0.3, -0.25) is 9.36 Å². The zero-order valence-electron chi connectivity index (χ0n) is 13.1. The van der Waals surface area contributed by atoms with E-state index in [-0.39, 0.29) is 5.91 Å². The zero-order valence-corrected chi connectivity index (χ0v) is 13.1. The maximum absolute atomic E-state index is 12.3. The fraction of sp³-hybridized carbons (Fsp3) is 0.188. The predicted molar refractivity (Wildman–Crippen MR) is 85.7 cm³/mol. The van der Waals surface area contributed by atoms with Crippen LogP contribution in [0, 0.1) is 0 Å². The Labute approximate surface area is 138 Å². The monoisotopic (exact) mass is 324 g/mol. The van der Waals surface area contributed by atoms with E-state index in [1.165, 1.54) is 12.7 Å². The number of nitrogens with zero attached hydrogens (tertiary/aromatic N) is 5. The summed E-state index contributed by atoms with van der Waals surface area (Å²) >= 11 is 0. The third-order valence-corrected chi connectivity index (χ3v) is 3.22. The molecular formula is C16H16N6O2. The molecule has 122 valence electrons. The largest absolute Gasteiger partial charge is 0.478 e. The van der Waals surface area contributed by atoms with Crippen LogP contribution in [0.2, 0.25) is 0 Å². The van der Waals surface area contributed by atoms with Crippen LogP contribution in [0.4, 0.5) is 0 Å². The molecule has 3 heterocycles. The SMILES string of the molecule is CCOc1ncccc1CNC(=O)c1cccc(-n2cnnc2)n1. The van der Waals surface area contributed by atoms with Gasteiger partial charge in [-0.1, -0.05) is 12.1 Å². The molecule has 0 saturated heterocycles. The van der Waals surface area contributed by atoms with Gasteiger partial charge >= 0.3 is 0 Å². The smallest absolute Gasteiger partial charge is 0.270 e. The summed E-state index contributed by atoms with van der Waals surface area (Å²) < 4.78 is 7.08. The van der Waals surface area contributed by atoms with Crippen molar-refractivity contribution in [3.05, 3.63) is 60.4 Å². The van der Waals surface area contributed by atoms with E-state index in [9.17, 15) is 4.79 Å². The van der Waals surface area contributed by atoms with Crippen molar-refractivity contribution in [2.24, 2.45) is 0 Å². The first-order valence-corrected chi connectivity index (χ1v) is 7.45. The highest BCUT2D eigenvalue weighted by atomic mass is 16.5. The molecule has 0 aliphatic carbocycles. The van der Waals surface area contributed by atoms with Gasteiger partial charge < -0.3 is 10.1 Å². The lowest BCUT2D eigenvalue weighted by atomic mass is 10.2. The molecule has 0 aliphatic heterocycles. The number of amides is 1. The van der Waals surface area contributed by atoms with E-state index < -0.39 is 0 Å². The summed E-state index contributed by atoms with van der Waals surface area (Å²) in [5, 5.41) is 10.3. The van der Waals surface area contributed by atoms with E-state index in [4.69, 9.17) is 4.74 Å². The van der Waals surface area contributed by atoms with Crippen LogP contribution >= 0.6 is 0 Å². The lowest BCUT2D eigenvalue weighted by Crippen LogP contribution is -2.24. The van der Waals surface area contributed by atoms with Gasteiger partial charge in [0.1, 0.15) is 24.2 Å². The molecule has 0 aliphatic rings. The minimum atomic E-state index is -0.281. The first-order valence-electron chi connectivity index (χ1n) is 7.45. The summed E-state index contributed by atoms with van der Waals surface area (Å²) in [6.07, 6.45) is 4.70. The summed E-state index contributed by atoms with van der Waals surface area (Å²) in [5.74, 6) is 0.812. The van der Waals surface area contributed by atoms with Crippen LogP contribution in [0.25, 0.3) is 5.82 Å². The normalized spacial score (nSPS) is 10.4.